The summed E-state index contributed by atoms with van der Waals surface area (Å²) >= 11 is 0. The van der Waals surface area contributed by atoms with Crippen molar-refractivity contribution in [3.05, 3.63) is 24.3 Å². The number of rotatable bonds is 5. The monoisotopic (exact) mass is 212 g/mol. The van der Waals surface area contributed by atoms with Crippen LogP contribution in [0.15, 0.2) is 24.3 Å². The highest BCUT2D eigenvalue weighted by molar-refractivity contribution is 5.92. The molecule has 0 atom stereocenters. The van der Waals surface area contributed by atoms with E-state index in [1.165, 1.54) is 0 Å². The van der Waals surface area contributed by atoms with Crippen LogP contribution in [0.1, 0.15) is 13.8 Å². The van der Waals surface area contributed by atoms with Crippen molar-refractivity contribution in [2.24, 2.45) is 0 Å². The minimum atomic E-state index is -0.0738. The Balaban J connectivity index is 0. The minimum Gasteiger partial charge on any atom is -0.351 e. The second-order valence-electron chi connectivity index (χ2n) is 3.10. The molecule has 0 aliphatic heterocycles. The number of nitrogens with one attached hydrogen (secondary N) is 2. The Morgan fingerprint density at radius 3 is 2.00 bits per heavy atom. The van der Waals surface area contributed by atoms with E-state index in [9.17, 15) is 9.59 Å². The Hall–Kier alpha value is -1.42. The van der Waals surface area contributed by atoms with Gasteiger partial charge in [0.25, 0.3) is 0 Å². The van der Waals surface area contributed by atoms with Crippen molar-refractivity contribution < 1.29 is 9.59 Å². The first-order valence-electron chi connectivity index (χ1n) is 4.64. The van der Waals surface area contributed by atoms with Gasteiger partial charge in [0.1, 0.15) is 6.29 Å². The summed E-state index contributed by atoms with van der Waals surface area (Å²) in [7, 11) is 1.84. The highest BCUT2D eigenvalue weighted by Crippen LogP contribution is 1.83. The van der Waals surface area contributed by atoms with Gasteiger partial charge in [0.05, 0.1) is 0 Å². The molecule has 86 valence electrons. The number of carbonyl (C=O) groups excluding carboxylic acids is 2. The number of carbonyl (C=O) groups is 2. The number of hydrogen-bond donors (Lipinski definition) is 2. The molecule has 0 unspecified atom stereocenters. The fraction of sp³-hybridized carbons (Fsp3) is 0.455. The lowest BCUT2D eigenvalue weighted by Crippen LogP contribution is -2.30. The van der Waals surface area contributed by atoms with E-state index in [-0.39, 0.29) is 5.91 Å². The molecule has 0 fully saturated rings. The molecular weight excluding hydrogens is 192 g/mol. The van der Waals surface area contributed by atoms with Gasteiger partial charge in [0.15, 0.2) is 0 Å². The van der Waals surface area contributed by atoms with Crippen molar-refractivity contribution in [3.8, 4) is 0 Å². The molecule has 0 rings (SSSR count). The van der Waals surface area contributed by atoms with Crippen LogP contribution in [0.5, 0.6) is 0 Å². The topological polar surface area (TPSA) is 58.2 Å². The summed E-state index contributed by atoms with van der Waals surface area (Å²) in [5.41, 5.74) is 1.13. The molecule has 0 bridgehead atoms. The average molecular weight is 212 g/mol. The van der Waals surface area contributed by atoms with E-state index in [0.717, 1.165) is 12.8 Å². The van der Waals surface area contributed by atoms with Crippen molar-refractivity contribution in [1.29, 1.82) is 0 Å². The maximum absolute atomic E-state index is 10.8. The second-order valence-corrected chi connectivity index (χ2v) is 3.10. The highest BCUT2D eigenvalue weighted by atomic mass is 16.1. The molecule has 0 saturated heterocycles. The maximum atomic E-state index is 10.8. The average Bonchev–Trinajstić information content (AvgIpc) is 2.18. The third-order valence-corrected chi connectivity index (χ3v) is 1.25. The first-order valence-corrected chi connectivity index (χ1v) is 4.64. The van der Waals surface area contributed by atoms with Gasteiger partial charge >= 0.3 is 0 Å². The first kappa shape index (κ1) is 16.0. The van der Waals surface area contributed by atoms with Gasteiger partial charge in [-0.2, -0.15) is 0 Å². The third-order valence-electron chi connectivity index (χ3n) is 1.25. The fourth-order valence-electron chi connectivity index (χ4n) is 0.452. The molecule has 0 aromatic carbocycles. The van der Waals surface area contributed by atoms with Gasteiger partial charge in [0.2, 0.25) is 5.91 Å². The lowest BCUT2D eigenvalue weighted by molar-refractivity contribution is -0.117. The van der Waals surface area contributed by atoms with Gasteiger partial charge in [-0.25, -0.2) is 0 Å². The molecule has 2 N–H and O–H groups in total. The van der Waals surface area contributed by atoms with Crippen molar-refractivity contribution in [2.45, 2.75) is 13.8 Å². The smallest absolute Gasteiger partial charge is 0.246 e. The standard InChI is InChI=1S/C7H14N2O.C4H6O/c1-6(2)7(10)9-5-4-8-3;1-4(2)3-5/h8H,1,4-5H2,2-3H3,(H,9,10);3H,1H2,2H3. The van der Waals surface area contributed by atoms with E-state index < -0.39 is 0 Å². The van der Waals surface area contributed by atoms with Crippen molar-refractivity contribution >= 4 is 12.2 Å². The van der Waals surface area contributed by atoms with Crippen LogP contribution in [0, 0.1) is 0 Å². The van der Waals surface area contributed by atoms with Gasteiger partial charge in [-0.3, -0.25) is 9.59 Å². The minimum absolute atomic E-state index is 0.0738. The number of amides is 1. The quantitative estimate of drug-likeness (QED) is 0.400. The SMILES string of the molecule is C=C(C)C(=O)NCCNC.C=C(C)C=O. The molecule has 15 heavy (non-hydrogen) atoms. The molecule has 0 aliphatic rings. The second kappa shape index (κ2) is 10.7. The van der Waals surface area contributed by atoms with E-state index in [1.54, 1.807) is 13.8 Å². The summed E-state index contributed by atoms with van der Waals surface area (Å²) < 4.78 is 0. The molecule has 1 amide bonds. The summed E-state index contributed by atoms with van der Waals surface area (Å²) in [5.74, 6) is -0.0738. The molecule has 0 aliphatic carbocycles. The van der Waals surface area contributed by atoms with Gasteiger partial charge < -0.3 is 10.6 Å². The summed E-state index contributed by atoms with van der Waals surface area (Å²) in [6.45, 7) is 11.6. The lowest BCUT2D eigenvalue weighted by atomic mass is 10.3. The first-order chi connectivity index (χ1) is 6.95. The number of likely N-dealkylation sites (N-methyl/N-ethyl adjacent to an activating group) is 1. The Kier molecular flexibility index (Phi) is 11.4. The Bertz CT molecular complexity index is 235. The molecular formula is C11H20N2O2. The number of aldehydes is 1. The summed E-state index contributed by atoms with van der Waals surface area (Å²) in [6, 6.07) is 0. The van der Waals surface area contributed by atoms with E-state index in [4.69, 9.17) is 0 Å². The van der Waals surface area contributed by atoms with E-state index in [2.05, 4.69) is 23.8 Å². The van der Waals surface area contributed by atoms with Gasteiger partial charge in [-0.15, -0.1) is 0 Å². The normalized spacial score (nSPS) is 8.20. The molecule has 0 heterocycles. The van der Waals surface area contributed by atoms with Gasteiger partial charge in [-0.05, 0) is 26.5 Å². The third kappa shape index (κ3) is 15.3. The molecule has 0 spiro atoms. The van der Waals surface area contributed by atoms with E-state index in [0.29, 0.717) is 17.7 Å². The van der Waals surface area contributed by atoms with E-state index >= 15 is 0 Å². The van der Waals surface area contributed by atoms with Crippen molar-refractivity contribution in [3.63, 3.8) is 0 Å². The summed E-state index contributed by atoms with van der Waals surface area (Å²) in [6.07, 6.45) is 0.722. The maximum Gasteiger partial charge on any atom is 0.246 e. The van der Waals surface area contributed by atoms with Crippen LogP contribution >= 0.6 is 0 Å². The van der Waals surface area contributed by atoms with Gasteiger partial charge in [0, 0.05) is 18.7 Å². The van der Waals surface area contributed by atoms with Crippen LogP contribution in [0.2, 0.25) is 0 Å². The highest BCUT2D eigenvalue weighted by Gasteiger charge is 1.97. The zero-order valence-corrected chi connectivity index (χ0v) is 9.72. The zero-order chi connectivity index (χ0) is 12.3. The molecule has 4 heteroatoms. The van der Waals surface area contributed by atoms with Crippen molar-refractivity contribution in [1.82, 2.24) is 10.6 Å². The summed E-state index contributed by atoms with van der Waals surface area (Å²) in [4.78, 5) is 20.2. The zero-order valence-electron chi connectivity index (χ0n) is 9.72. The number of allylic oxidation sites excluding steroid dienone is 1. The summed E-state index contributed by atoms with van der Waals surface area (Å²) in [5, 5.41) is 5.60. The van der Waals surface area contributed by atoms with Crippen LogP contribution in [-0.2, 0) is 9.59 Å². The van der Waals surface area contributed by atoms with Crippen LogP contribution in [0.3, 0.4) is 0 Å². The Labute approximate surface area is 91.4 Å². The molecule has 0 saturated carbocycles. The van der Waals surface area contributed by atoms with Crippen LogP contribution in [0.25, 0.3) is 0 Å². The Morgan fingerprint density at radius 1 is 1.27 bits per heavy atom. The number of hydrogen-bond acceptors (Lipinski definition) is 3. The van der Waals surface area contributed by atoms with Gasteiger partial charge in [-0.1, -0.05) is 13.2 Å². The van der Waals surface area contributed by atoms with Crippen LogP contribution in [0.4, 0.5) is 0 Å². The van der Waals surface area contributed by atoms with Crippen LogP contribution in [-0.4, -0.2) is 32.3 Å². The van der Waals surface area contributed by atoms with E-state index in [1.807, 2.05) is 7.05 Å². The molecule has 0 radical (unpaired) electrons. The predicted molar refractivity (Wildman–Crippen MR) is 62.6 cm³/mol. The Morgan fingerprint density at radius 2 is 1.73 bits per heavy atom. The molecule has 0 aromatic rings. The molecule has 4 nitrogen and oxygen atoms in total. The fourth-order valence-corrected chi connectivity index (χ4v) is 0.452. The van der Waals surface area contributed by atoms with Crippen LogP contribution < -0.4 is 10.6 Å². The molecule has 0 aromatic heterocycles. The largest absolute Gasteiger partial charge is 0.351 e. The van der Waals surface area contributed by atoms with Crippen molar-refractivity contribution in [2.75, 3.05) is 20.1 Å². The lowest BCUT2D eigenvalue weighted by Gasteiger charge is -2.02. The predicted octanol–water partition coefficient (Wildman–Crippen LogP) is 0.659.